The molecule has 2 heterocycles. The van der Waals surface area contributed by atoms with E-state index in [4.69, 9.17) is 9.15 Å². The van der Waals surface area contributed by atoms with E-state index in [0.717, 1.165) is 22.4 Å². The maximum atomic E-state index is 12.9. The molecule has 4 rings (SSSR count). The SMILES string of the molecule is CNC(=O)c1c(-c2ccc(C)cc2)oc2cc3c(cc12)[C@@H](C)O[C@H](CS(C)(=O)=O)CN3S(C)(=O)=O. The molecule has 9 nitrogen and oxygen atoms in total. The van der Waals surface area contributed by atoms with E-state index in [9.17, 15) is 21.6 Å². The lowest BCUT2D eigenvalue weighted by molar-refractivity contribution is 0.0193. The van der Waals surface area contributed by atoms with Crippen molar-refractivity contribution in [3.8, 4) is 11.3 Å². The number of amides is 1. The number of nitrogens with zero attached hydrogens (tertiary/aromatic N) is 1. The number of fused-ring (bicyclic) bond motifs is 2. The molecule has 0 fully saturated rings. The average Bonchev–Trinajstić information content (AvgIpc) is 3.06. The number of furan rings is 1. The Morgan fingerprint density at radius 2 is 1.77 bits per heavy atom. The van der Waals surface area contributed by atoms with E-state index in [0.29, 0.717) is 39.1 Å². The third kappa shape index (κ3) is 5.07. The van der Waals surface area contributed by atoms with Gasteiger partial charge in [0.15, 0.2) is 0 Å². The zero-order valence-electron chi connectivity index (χ0n) is 20.2. The fraction of sp³-hybridized carbons (Fsp3) is 0.375. The van der Waals surface area contributed by atoms with Crippen LogP contribution in [-0.4, -0.2) is 60.7 Å². The molecule has 1 aliphatic rings. The van der Waals surface area contributed by atoms with Crippen molar-refractivity contribution in [2.75, 3.05) is 36.2 Å². The molecule has 2 aromatic carbocycles. The Bertz CT molecular complexity index is 1510. The second-order valence-electron chi connectivity index (χ2n) is 8.95. The summed E-state index contributed by atoms with van der Waals surface area (Å²) < 4.78 is 62.7. The molecule has 0 bridgehead atoms. The maximum Gasteiger partial charge on any atom is 0.255 e. The number of carbonyl (C=O) groups excluding carboxylic acids is 1. The first kappa shape index (κ1) is 25.2. The van der Waals surface area contributed by atoms with Gasteiger partial charge in [0.2, 0.25) is 10.0 Å². The predicted molar refractivity (Wildman–Crippen MR) is 135 cm³/mol. The lowest BCUT2D eigenvalue weighted by atomic mass is 10.00. The Kier molecular flexibility index (Phi) is 6.45. The van der Waals surface area contributed by atoms with E-state index >= 15 is 0 Å². The van der Waals surface area contributed by atoms with Crippen LogP contribution in [0.15, 0.2) is 40.8 Å². The van der Waals surface area contributed by atoms with Crippen LogP contribution in [-0.2, 0) is 24.6 Å². The largest absolute Gasteiger partial charge is 0.455 e. The van der Waals surface area contributed by atoms with Crippen LogP contribution in [0.5, 0.6) is 0 Å². The molecule has 3 aromatic rings. The minimum absolute atomic E-state index is 0.164. The molecule has 0 spiro atoms. The minimum atomic E-state index is -3.79. The van der Waals surface area contributed by atoms with Crippen LogP contribution in [0.4, 0.5) is 5.69 Å². The Labute approximate surface area is 205 Å². The number of benzene rings is 2. The summed E-state index contributed by atoms with van der Waals surface area (Å²) in [5.41, 5.74) is 3.26. The summed E-state index contributed by atoms with van der Waals surface area (Å²) in [6.07, 6.45) is 0.641. The van der Waals surface area contributed by atoms with Gasteiger partial charge in [0.25, 0.3) is 5.91 Å². The van der Waals surface area contributed by atoms with Gasteiger partial charge in [-0.25, -0.2) is 16.8 Å². The van der Waals surface area contributed by atoms with Gasteiger partial charge in [0.05, 0.1) is 42.0 Å². The molecule has 1 N–H and O–H groups in total. The molecule has 1 aromatic heterocycles. The minimum Gasteiger partial charge on any atom is -0.455 e. The molecule has 0 saturated carbocycles. The van der Waals surface area contributed by atoms with Crippen molar-refractivity contribution in [3.63, 3.8) is 0 Å². The summed E-state index contributed by atoms with van der Waals surface area (Å²) in [7, 11) is -5.69. The predicted octanol–water partition coefficient (Wildman–Crippen LogP) is 3.04. The summed E-state index contributed by atoms with van der Waals surface area (Å²) >= 11 is 0. The average molecular weight is 521 g/mol. The van der Waals surface area contributed by atoms with Gasteiger partial charge in [0, 0.05) is 35.9 Å². The van der Waals surface area contributed by atoms with Crippen molar-refractivity contribution in [1.82, 2.24) is 5.32 Å². The normalized spacial score (nSPS) is 18.8. The van der Waals surface area contributed by atoms with Crippen LogP contribution in [0.2, 0.25) is 0 Å². The van der Waals surface area contributed by atoms with Crippen molar-refractivity contribution in [2.45, 2.75) is 26.1 Å². The highest BCUT2D eigenvalue weighted by molar-refractivity contribution is 7.92. The highest BCUT2D eigenvalue weighted by Gasteiger charge is 2.35. The third-order valence-corrected chi connectivity index (χ3v) is 8.09. The summed E-state index contributed by atoms with van der Waals surface area (Å²) in [4.78, 5) is 12.9. The maximum absolute atomic E-state index is 12.9. The molecule has 0 aliphatic carbocycles. The number of hydrogen-bond acceptors (Lipinski definition) is 7. The molecule has 0 radical (unpaired) electrons. The molecule has 11 heteroatoms. The Morgan fingerprint density at radius 1 is 1.11 bits per heavy atom. The lowest BCUT2D eigenvalue weighted by Crippen LogP contribution is -2.39. The summed E-state index contributed by atoms with van der Waals surface area (Å²) in [5.74, 6) is -0.306. The van der Waals surface area contributed by atoms with Gasteiger partial charge < -0.3 is 14.5 Å². The number of sulfone groups is 1. The van der Waals surface area contributed by atoms with Crippen molar-refractivity contribution in [3.05, 3.63) is 53.1 Å². The number of aryl methyl sites for hydroxylation is 1. The van der Waals surface area contributed by atoms with Gasteiger partial charge in [-0.05, 0) is 19.9 Å². The van der Waals surface area contributed by atoms with E-state index in [1.54, 1.807) is 19.1 Å². The van der Waals surface area contributed by atoms with E-state index < -0.39 is 32.1 Å². The van der Waals surface area contributed by atoms with E-state index in [1.807, 2.05) is 31.2 Å². The van der Waals surface area contributed by atoms with Crippen molar-refractivity contribution >= 4 is 42.4 Å². The Hall–Kier alpha value is -2.89. The van der Waals surface area contributed by atoms with E-state index in [1.165, 1.54) is 7.05 Å². The standard InChI is InChI=1S/C24H28N2O7S2/c1-14-6-8-16(9-7-14)23-22(24(27)25-3)19-10-18-15(2)32-17(13-34(4,28)29)12-26(35(5,30)31)20(18)11-21(19)33-23/h6-11,15,17H,12-13H2,1-5H3,(H,25,27)/t15-,17+/m1/s1. The third-order valence-electron chi connectivity index (χ3n) is 5.97. The summed E-state index contributed by atoms with van der Waals surface area (Å²) in [6.45, 7) is 3.52. The van der Waals surface area contributed by atoms with Gasteiger partial charge in [-0.15, -0.1) is 0 Å². The van der Waals surface area contributed by atoms with Crippen LogP contribution in [0, 0.1) is 6.92 Å². The zero-order chi connectivity index (χ0) is 25.7. The monoisotopic (exact) mass is 520 g/mol. The van der Waals surface area contributed by atoms with Crippen molar-refractivity contribution < 1.29 is 30.8 Å². The molecule has 2 atom stereocenters. The number of carbonyl (C=O) groups is 1. The second-order valence-corrected chi connectivity index (χ2v) is 13.0. The van der Waals surface area contributed by atoms with Gasteiger partial charge in [-0.1, -0.05) is 29.8 Å². The topological polar surface area (TPSA) is 123 Å². The number of hydrogen-bond donors (Lipinski definition) is 1. The quantitative estimate of drug-likeness (QED) is 0.548. The molecular formula is C24H28N2O7S2. The highest BCUT2D eigenvalue weighted by Crippen LogP contribution is 2.42. The number of sulfonamides is 1. The van der Waals surface area contributed by atoms with Crippen molar-refractivity contribution in [2.24, 2.45) is 0 Å². The van der Waals surface area contributed by atoms with Crippen LogP contribution >= 0.6 is 0 Å². The zero-order valence-corrected chi connectivity index (χ0v) is 21.8. The van der Waals surface area contributed by atoms with Gasteiger partial charge >= 0.3 is 0 Å². The number of rotatable bonds is 5. The van der Waals surface area contributed by atoms with Gasteiger partial charge in [-0.3, -0.25) is 9.10 Å². The fourth-order valence-electron chi connectivity index (χ4n) is 4.38. The first-order chi connectivity index (χ1) is 16.3. The molecule has 1 aliphatic heterocycles. The first-order valence-electron chi connectivity index (χ1n) is 11.0. The molecule has 1 amide bonds. The van der Waals surface area contributed by atoms with Crippen LogP contribution < -0.4 is 9.62 Å². The Balaban J connectivity index is 1.96. The van der Waals surface area contributed by atoms with Gasteiger partial charge in [-0.2, -0.15) is 0 Å². The first-order valence-corrected chi connectivity index (χ1v) is 14.9. The molecule has 188 valence electrons. The lowest BCUT2D eigenvalue weighted by Gasteiger charge is -2.24. The highest BCUT2D eigenvalue weighted by atomic mass is 32.2. The number of anilines is 1. The molecular weight excluding hydrogens is 492 g/mol. The fourth-order valence-corrected chi connectivity index (χ4v) is 6.19. The van der Waals surface area contributed by atoms with Crippen LogP contribution in [0.1, 0.15) is 34.5 Å². The van der Waals surface area contributed by atoms with Crippen molar-refractivity contribution in [1.29, 1.82) is 0 Å². The van der Waals surface area contributed by atoms with Crippen LogP contribution in [0.3, 0.4) is 0 Å². The van der Waals surface area contributed by atoms with E-state index in [2.05, 4.69) is 5.32 Å². The number of nitrogens with one attached hydrogen (secondary N) is 1. The molecule has 0 saturated heterocycles. The second kappa shape index (κ2) is 8.96. The van der Waals surface area contributed by atoms with E-state index in [-0.39, 0.29) is 18.2 Å². The summed E-state index contributed by atoms with van der Waals surface area (Å²) in [6, 6.07) is 10.8. The summed E-state index contributed by atoms with van der Waals surface area (Å²) in [5, 5.41) is 3.15. The Morgan fingerprint density at radius 3 is 2.34 bits per heavy atom. The number of ether oxygens (including phenoxy) is 1. The van der Waals surface area contributed by atoms with Crippen LogP contribution in [0.25, 0.3) is 22.3 Å². The molecule has 35 heavy (non-hydrogen) atoms. The molecule has 0 unspecified atom stereocenters. The smallest absolute Gasteiger partial charge is 0.255 e. The van der Waals surface area contributed by atoms with Gasteiger partial charge in [0.1, 0.15) is 21.2 Å².